The molecule has 1 aliphatic carbocycles. The number of nitrogens with one attached hydrogen (secondary N) is 1. The molecule has 13 heteroatoms. The summed E-state index contributed by atoms with van der Waals surface area (Å²) >= 11 is 0. The van der Waals surface area contributed by atoms with Gasteiger partial charge in [-0.2, -0.15) is 4.98 Å². The van der Waals surface area contributed by atoms with Crippen LogP contribution in [0.2, 0.25) is 31.7 Å². The first kappa shape index (κ1) is 33.9. The molecule has 247 valence electrons. The molecule has 1 saturated carbocycles. The first-order valence-corrected chi connectivity index (χ1v) is 21.9. The maximum absolute atomic E-state index is 13.5. The van der Waals surface area contributed by atoms with E-state index in [4.69, 9.17) is 9.10 Å². The summed E-state index contributed by atoms with van der Waals surface area (Å²) in [5.74, 6) is 0.941. The number of Topliss-reactive ketones (excluding diaryl/α,β-unsaturated/α-hetero) is 1. The van der Waals surface area contributed by atoms with E-state index in [0.29, 0.717) is 47.9 Å². The van der Waals surface area contributed by atoms with Crippen molar-refractivity contribution in [1.82, 2.24) is 24.4 Å². The van der Waals surface area contributed by atoms with E-state index in [0.717, 1.165) is 63.0 Å². The highest BCUT2D eigenvalue weighted by Crippen LogP contribution is 2.32. The molecule has 2 fully saturated rings. The molecule has 0 aromatic carbocycles. The van der Waals surface area contributed by atoms with Crippen molar-refractivity contribution >= 4 is 57.5 Å². The minimum atomic E-state index is -1.70. The third-order valence-corrected chi connectivity index (χ3v) is 15.5. The Kier molecular flexibility index (Phi) is 10.7. The zero-order valence-corrected chi connectivity index (χ0v) is 30.2. The van der Waals surface area contributed by atoms with Gasteiger partial charge in [-0.1, -0.05) is 19.8 Å². The highest BCUT2D eigenvalue weighted by atomic mass is 28.4. The molecule has 3 aromatic heterocycles. The number of carbonyl (C=O) groups excluding carboxylic acids is 2. The topological polar surface area (TPSA) is 123 Å². The molecule has 3 aromatic rings. The summed E-state index contributed by atoms with van der Waals surface area (Å²) in [6, 6.07) is 6.07. The van der Waals surface area contributed by atoms with Gasteiger partial charge in [0.25, 0.3) is 5.56 Å². The fourth-order valence-corrected chi connectivity index (χ4v) is 12.5. The molecule has 1 amide bonds. The lowest BCUT2D eigenvalue weighted by Crippen LogP contribution is -2.48. The lowest BCUT2D eigenvalue weighted by molar-refractivity contribution is -0.131. The number of nitrogens with zero attached hydrogens (tertiary/aromatic N) is 6. The lowest BCUT2D eigenvalue weighted by Gasteiger charge is -2.36. The van der Waals surface area contributed by atoms with Crippen LogP contribution in [0.15, 0.2) is 29.3 Å². The molecule has 1 aliphatic heterocycles. The molecule has 2 aliphatic rings. The zero-order chi connectivity index (χ0) is 33.0. The molecular weight excluding hydrogens is 615 g/mol. The van der Waals surface area contributed by atoms with Crippen molar-refractivity contribution in [3.63, 3.8) is 0 Å². The Morgan fingerprint density at radius 2 is 1.80 bits per heavy atom. The van der Waals surface area contributed by atoms with Gasteiger partial charge in [-0.05, 0) is 82.5 Å². The standard InChI is InChI=1S/C33H48N7O4Si2/c1-7-45(4)44-46(5,6)20-10-13-29(42)39-18-16-38(17-19-39)26-14-15-28(34-21-26)36-33-35-22-27-23(2)30(24(3)41)32(43)40(31(27)37-33)25-11-8-9-12-25/h14-15,21-22,25H,7-13,16-20H2,1-6H3,(H,34,35,36,37). The van der Waals surface area contributed by atoms with E-state index in [1.54, 1.807) is 17.7 Å². The summed E-state index contributed by atoms with van der Waals surface area (Å²) in [6.45, 7) is 15.1. The number of ketones is 1. The summed E-state index contributed by atoms with van der Waals surface area (Å²) in [7, 11) is -2.40. The van der Waals surface area contributed by atoms with Crippen molar-refractivity contribution in [3.8, 4) is 0 Å². The second-order valence-electron chi connectivity index (χ2n) is 13.3. The molecule has 4 heterocycles. The Morgan fingerprint density at radius 1 is 1.09 bits per heavy atom. The molecule has 11 nitrogen and oxygen atoms in total. The van der Waals surface area contributed by atoms with Crippen LogP contribution in [0.4, 0.5) is 17.5 Å². The molecule has 0 bridgehead atoms. The van der Waals surface area contributed by atoms with Gasteiger partial charge in [0.1, 0.15) is 11.5 Å². The normalized spacial score (nSPS) is 16.1. The van der Waals surface area contributed by atoms with Gasteiger partial charge < -0.3 is 19.2 Å². The Hall–Kier alpha value is -3.43. The van der Waals surface area contributed by atoms with Gasteiger partial charge in [0, 0.05) is 50.2 Å². The average Bonchev–Trinajstić information content (AvgIpc) is 3.55. The van der Waals surface area contributed by atoms with E-state index in [1.807, 2.05) is 23.2 Å². The van der Waals surface area contributed by atoms with Crippen LogP contribution in [0.1, 0.15) is 74.3 Å². The van der Waals surface area contributed by atoms with Crippen molar-refractivity contribution < 1.29 is 13.7 Å². The fourth-order valence-electron chi connectivity index (χ4n) is 6.70. The molecule has 0 spiro atoms. The van der Waals surface area contributed by atoms with Crippen LogP contribution in [0, 0.1) is 6.92 Å². The first-order chi connectivity index (χ1) is 22.0. The first-order valence-electron chi connectivity index (χ1n) is 16.7. The number of hydrogen-bond donors (Lipinski definition) is 1. The SMILES string of the molecule is CC[Si](C)O[Si](C)(C)CCCC(=O)N1CCN(c2ccc(Nc3ncc4c(C)c(C(C)=O)c(=O)n(C5CCCC5)c4n3)nc2)CC1. The predicted octanol–water partition coefficient (Wildman–Crippen LogP) is 5.85. The summed E-state index contributed by atoms with van der Waals surface area (Å²) in [4.78, 5) is 56.9. The Morgan fingerprint density at radius 3 is 2.43 bits per heavy atom. The highest BCUT2D eigenvalue weighted by molar-refractivity contribution is 6.78. The molecular formula is C33H48N7O4Si2. The van der Waals surface area contributed by atoms with Gasteiger partial charge in [-0.15, -0.1) is 0 Å². The minimum Gasteiger partial charge on any atom is -0.456 e. The summed E-state index contributed by atoms with van der Waals surface area (Å²) < 4.78 is 8.06. The monoisotopic (exact) mass is 662 g/mol. The van der Waals surface area contributed by atoms with Crippen LogP contribution in [0.3, 0.4) is 0 Å². The van der Waals surface area contributed by atoms with E-state index in [-0.39, 0.29) is 28.9 Å². The van der Waals surface area contributed by atoms with Gasteiger partial charge in [0.05, 0.1) is 17.4 Å². The van der Waals surface area contributed by atoms with Crippen LogP contribution in [-0.4, -0.2) is 79.6 Å². The minimum absolute atomic E-state index is 0.0218. The predicted molar refractivity (Wildman–Crippen MR) is 187 cm³/mol. The van der Waals surface area contributed by atoms with Crippen molar-refractivity contribution in [2.45, 2.75) is 97.1 Å². The number of fused-ring (bicyclic) bond motifs is 1. The summed E-state index contributed by atoms with van der Waals surface area (Å²) in [5.41, 5.74) is 2.12. The summed E-state index contributed by atoms with van der Waals surface area (Å²) in [6.07, 6.45) is 8.88. The number of anilines is 3. The lowest BCUT2D eigenvalue weighted by atomic mass is 10.0. The Bertz CT molecular complexity index is 1610. The van der Waals surface area contributed by atoms with Gasteiger partial charge in [0.2, 0.25) is 11.9 Å². The molecule has 1 N–H and O–H groups in total. The third-order valence-electron chi connectivity index (χ3n) is 9.35. The van der Waals surface area contributed by atoms with Crippen molar-refractivity contribution in [2.75, 3.05) is 36.4 Å². The number of rotatable bonds is 12. The molecule has 5 rings (SSSR count). The molecule has 1 radical (unpaired) electrons. The zero-order valence-electron chi connectivity index (χ0n) is 28.2. The van der Waals surface area contributed by atoms with E-state index in [2.05, 4.69) is 46.7 Å². The number of amides is 1. The van der Waals surface area contributed by atoms with Crippen LogP contribution in [0.5, 0.6) is 0 Å². The van der Waals surface area contributed by atoms with Crippen LogP contribution < -0.4 is 15.8 Å². The third kappa shape index (κ3) is 7.75. The van der Waals surface area contributed by atoms with E-state index in [1.165, 1.54) is 6.92 Å². The van der Waals surface area contributed by atoms with Gasteiger partial charge in [0.15, 0.2) is 23.1 Å². The summed E-state index contributed by atoms with van der Waals surface area (Å²) in [5, 5.41) is 3.91. The number of aryl methyl sites for hydroxylation is 1. The maximum Gasteiger partial charge on any atom is 0.263 e. The van der Waals surface area contributed by atoms with Crippen LogP contribution in [-0.2, 0) is 8.91 Å². The van der Waals surface area contributed by atoms with Crippen LogP contribution >= 0.6 is 0 Å². The van der Waals surface area contributed by atoms with Gasteiger partial charge in [-0.3, -0.25) is 19.0 Å². The molecule has 1 saturated heterocycles. The number of carbonyl (C=O) groups is 2. The van der Waals surface area contributed by atoms with Gasteiger partial charge in [-0.25, -0.2) is 9.97 Å². The second kappa shape index (κ2) is 14.6. The van der Waals surface area contributed by atoms with E-state index < -0.39 is 17.4 Å². The van der Waals surface area contributed by atoms with Crippen molar-refractivity contribution in [2.24, 2.45) is 0 Å². The molecule has 0 unspecified atom stereocenters. The van der Waals surface area contributed by atoms with E-state index in [9.17, 15) is 14.4 Å². The quantitative estimate of drug-likeness (QED) is 0.188. The largest absolute Gasteiger partial charge is 0.456 e. The van der Waals surface area contributed by atoms with Crippen LogP contribution in [0.25, 0.3) is 11.0 Å². The smallest absolute Gasteiger partial charge is 0.263 e. The molecule has 0 atom stereocenters. The number of aromatic nitrogens is 4. The van der Waals surface area contributed by atoms with Gasteiger partial charge >= 0.3 is 0 Å². The Balaban J connectivity index is 1.20. The second-order valence-corrected chi connectivity index (χ2v) is 20.2. The average molecular weight is 663 g/mol. The Labute approximate surface area is 274 Å². The number of piperazine rings is 1. The number of hydrogen-bond acceptors (Lipinski definition) is 9. The highest BCUT2D eigenvalue weighted by Gasteiger charge is 2.28. The maximum atomic E-state index is 13.5. The number of pyridine rings is 2. The fraction of sp³-hybridized carbons (Fsp3) is 0.576. The van der Waals surface area contributed by atoms with E-state index >= 15 is 0 Å². The van der Waals surface area contributed by atoms with Crippen molar-refractivity contribution in [1.29, 1.82) is 0 Å². The van der Waals surface area contributed by atoms with Crippen molar-refractivity contribution in [3.05, 3.63) is 46.0 Å². The molecule has 46 heavy (non-hydrogen) atoms.